The van der Waals surface area contributed by atoms with Crippen molar-refractivity contribution in [1.82, 2.24) is 4.90 Å². The summed E-state index contributed by atoms with van der Waals surface area (Å²) in [5.74, 6) is 0.916. The summed E-state index contributed by atoms with van der Waals surface area (Å²) in [6.07, 6.45) is 2.46. The summed E-state index contributed by atoms with van der Waals surface area (Å²) in [6.45, 7) is 5.45. The molecule has 0 aliphatic rings. The SMILES string of the molecule is CCCC(C)N(C)Cc1cc(OC)ccc1Br. The Balaban J connectivity index is 2.73. The van der Waals surface area contributed by atoms with Gasteiger partial charge in [0.1, 0.15) is 5.75 Å². The van der Waals surface area contributed by atoms with Crippen LogP contribution in [0.5, 0.6) is 5.75 Å². The Hall–Kier alpha value is -0.540. The third kappa shape index (κ3) is 4.32. The van der Waals surface area contributed by atoms with E-state index in [1.807, 2.05) is 12.1 Å². The molecule has 0 radical (unpaired) electrons. The van der Waals surface area contributed by atoms with Crippen molar-refractivity contribution >= 4 is 15.9 Å². The average molecular weight is 300 g/mol. The van der Waals surface area contributed by atoms with Crippen LogP contribution in [0.1, 0.15) is 32.3 Å². The molecule has 17 heavy (non-hydrogen) atoms. The minimum atomic E-state index is 0.609. The van der Waals surface area contributed by atoms with Crippen LogP contribution >= 0.6 is 15.9 Å². The number of nitrogens with zero attached hydrogens (tertiary/aromatic N) is 1. The molecule has 0 bridgehead atoms. The summed E-state index contributed by atoms with van der Waals surface area (Å²) in [6, 6.07) is 6.73. The first-order chi connectivity index (χ1) is 8.08. The monoisotopic (exact) mass is 299 g/mol. The van der Waals surface area contributed by atoms with Crippen LogP contribution in [0.15, 0.2) is 22.7 Å². The molecule has 1 rings (SSSR count). The molecule has 1 aromatic carbocycles. The maximum absolute atomic E-state index is 5.26. The highest BCUT2D eigenvalue weighted by Crippen LogP contribution is 2.24. The van der Waals surface area contributed by atoms with E-state index in [-0.39, 0.29) is 0 Å². The number of hydrogen-bond acceptors (Lipinski definition) is 2. The van der Waals surface area contributed by atoms with Crippen LogP contribution in [0.25, 0.3) is 0 Å². The summed E-state index contributed by atoms with van der Waals surface area (Å²) in [5.41, 5.74) is 1.27. The molecule has 96 valence electrons. The lowest BCUT2D eigenvalue weighted by atomic mass is 10.1. The maximum atomic E-state index is 5.26. The van der Waals surface area contributed by atoms with Gasteiger partial charge in [-0.1, -0.05) is 29.3 Å². The van der Waals surface area contributed by atoms with E-state index in [2.05, 4.69) is 47.8 Å². The Morgan fingerprint density at radius 2 is 2.12 bits per heavy atom. The van der Waals surface area contributed by atoms with Crippen molar-refractivity contribution in [2.45, 2.75) is 39.3 Å². The lowest BCUT2D eigenvalue weighted by molar-refractivity contribution is 0.236. The van der Waals surface area contributed by atoms with Gasteiger partial charge in [-0.05, 0) is 44.2 Å². The molecule has 1 unspecified atom stereocenters. The van der Waals surface area contributed by atoms with Gasteiger partial charge in [0.15, 0.2) is 0 Å². The van der Waals surface area contributed by atoms with E-state index in [0.29, 0.717) is 6.04 Å². The summed E-state index contributed by atoms with van der Waals surface area (Å²) >= 11 is 3.59. The summed E-state index contributed by atoms with van der Waals surface area (Å²) in [7, 11) is 3.88. The van der Waals surface area contributed by atoms with E-state index in [0.717, 1.165) is 16.8 Å². The molecule has 0 saturated carbocycles. The number of benzene rings is 1. The first kappa shape index (κ1) is 14.5. The first-order valence-corrected chi connectivity index (χ1v) is 6.90. The lowest BCUT2D eigenvalue weighted by Gasteiger charge is -2.25. The molecule has 1 atom stereocenters. The fourth-order valence-electron chi connectivity index (χ4n) is 1.86. The highest BCUT2D eigenvalue weighted by Gasteiger charge is 2.11. The Kier molecular flexibility index (Phi) is 6.00. The Morgan fingerprint density at radius 1 is 1.41 bits per heavy atom. The number of methoxy groups -OCH3 is 1. The van der Waals surface area contributed by atoms with Crippen molar-refractivity contribution in [3.63, 3.8) is 0 Å². The average Bonchev–Trinajstić information content (AvgIpc) is 2.32. The second kappa shape index (κ2) is 7.02. The second-order valence-electron chi connectivity index (χ2n) is 4.51. The van der Waals surface area contributed by atoms with Crippen LogP contribution in [0.3, 0.4) is 0 Å². The third-order valence-corrected chi connectivity index (χ3v) is 3.91. The highest BCUT2D eigenvalue weighted by atomic mass is 79.9. The van der Waals surface area contributed by atoms with Gasteiger partial charge in [0.25, 0.3) is 0 Å². The molecule has 0 spiro atoms. The van der Waals surface area contributed by atoms with E-state index < -0.39 is 0 Å². The fraction of sp³-hybridized carbons (Fsp3) is 0.571. The predicted molar refractivity (Wildman–Crippen MR) is 76.5 cm³/mol. The minimum Gasteiger partial charge on any atom is -0.497 e. The van der Waals surface area contributed by atoms with E-state index in [4.69, 9.17) is 4.74 Å². The molecule has 0 aromatic heterocycles. The Morgan fingerprint density at radius 3 is 2.71 bits per heavy atom. The zero-order valence-corrected chi connectivity index (χ0v) is 12.8. The number of halogens is 1. The summed E-state index contributed by atoms with van der Waals surface area (Å²) in [4.78, 5) is 2.38. The van der Waals surface area contributed by atoms with E-state index in [1.165, 1.54) is 18.4 Å². The Bertz CT molecular complexity index is 354. The van der Waals surface area contributed by atoms with Gasteiger partial charge in [0.05, 0.1) is 7.11 Å². The van der Waals surface area contributed by atoms with Gasteiger partial charge in [0.2, 0.25) is 0 Å². The summed E-state index contributed by atoms with van der Waals surface area (Å²) in [5, 5.41) is 0. The van der Waals surface area contributed by atoms with Crippen molar-refractivity contribution in [2.24, 2.45) is 0 Å². The van der Waals surface area contributed by atoms with E-state index in [9.17, 15) is 0 Å². The largest absolute Gasteiger partial charge is 0.497 e. The topological polar surface area (TPSA) is 12.5 Å². The molecular formula is C14H22BrNO. The first-order valence-electron chi connectivity index (χ1n) is 6.11. The van der Waals surface area contributed by atoms with Crippen LogP contribution in [-0.2, 0) is 6.54 Å². The third-order valence-electron chi connectivity index (χ3n) is 3.13. The second-order valence-corrected chi connectivity index (χ2v) is 5.36. The molecule has 0 aliphatic heterocycles. The normalized spacial score (nSPS) is 12.8. The van der Waals surface area contributed by atoms with Crippen molar-refractivity contribution < 1.29 is 4.74 Å². The van der Waals surface area contributed by atoms with Crippen molar-refractivity contribution in [3.8, 4) is 5.75 Å². The van der Waals surface area contributed by atoms with E-state index >= 15 is 0 Å². The van der Waals surface area contributed by atoms with Crippen LogP contribution in [0.2, 0.25) is 0 Å². The molecule has 0 saturated heterocycles. The van der Waals surface area contributed by atoms with E-state index in [1.54, 1.807) is 7.11 Å². The zero-order chi connectivity index (χ0) is 12.8. The number of rotatable bonds is 6. The number of hydrogen-bond donors (Lipinski definition) is 0. The minimum absolute atomic E-state index is 0.609. The van der Waals surface area contributed by atoms with Gasteiger partial charge < -0.3 is 4.74 Å². The van der Waals surface area contributed by atoms with Crippen LogP contribution in [-0.4, -0.2) is 25.1 Å². The summed E-state index contributed by atoms with van der Waals surface area (Å²) < 4.78 is 6.41. The van der Waals surface area contributed by atoms with Gasteiger partial charge in [-0.2, -0.15) is 0 Å². The molecule has 0 aliphatic carbocycles. The molecule has 0 heterocycles. The zero-order valence-electron chi connectivity index (χ0n) is 11.2. The highest BCUT2D eigenvalue weighted by molar-refractivity contribution is 9.10. The predicted octanol–water partition coefficient (Wildman–Crippen LogP) is 4.08. The standard InChI is InChI=1S/C14H22BrNO/c1-5-6-11(2)16(3)10-12-9-13(17-4)7-8-14(12)15/h7-9,11H,5-6,10H2,1-4H3. The van der Waals surface area contributed by atoms with Gasteiger partial charge in [-0.3, -0.25) is 4.90 Å². The van der Waals surface area contributed by atoms with Crippen molar-refractivity contribution in [1.29, 1.82) is 0 Å². The molecule has 0 amide bonds. The molecule has 0 fully saturated rings. The quantitative estimate of drug-likeness (QED) is 0.785. The van der Waals surface area contributed by atoms with Gasteiger partial charge in [-0.15, -0.1) is 0 Å². The molecule has 2 nitrogen and oxygen atoms in total. The smallest absolute Gasteiger partial charge is 0.119 e. The molecule has 1 aromatic rings. The molecular weight excluding hydrogens is 278 g/mol. The molecule has 0 N–H and O–H groups in total. The van der Waals surface area contributed by atoms with Crippen LogP contribution < -0.4 is 4.74 Å². The fourth-order valence-corrected chi connectivity index (χ4v) is 2.23. The Labute approximate surface area is 113 Å². The van der Waals surface area contributed by atoms with Crippen LogP contribution in [0.4, 0.5) is 0 Å². The van der Waals surface area contributed by atoms with Gasteiger partial charge in [-0.25, -0.2) is 0 Å². The van der Waals surface area contributed by atoms with Gasteiger partial charge in [0, 0.05) is 17.1 Å². The molecule has 3 heteroatoms. The number of ether oxygens (including phenoxy) is 1. The lowest BCUT2D eigenvalue weighted by Crippen LogP contribution is -2.28. The van der Waals surface area contributed by atoms with Gasteiger partial charge >= 0.3 is 0 Å². The van der Waals surface area contributed by atoms with Crippen LogP contribution in [0, 0.1) is 0 Å². The maximum Gasteiger partial charge on any atom is 0.119 e. The van der Waals surface area contributed by atoms with Crippen molar-refractivity contribution in [3.05, 3.63) is 28.2 Å². The van der Waals surface area contributed by atoms with Crippen molar-refractivity contribution in [2.75, 3.05) is 14.2 Å².